The van der Waals surface area contributed by atoms with E-state index < -0.39 is 0 Å². The third kappa shape index (κ3) is 3.94. The largest absolute Gasteiger partial charge is 0.349 e. The Morgan fingerprint density at radius 2 is 2.04 bits per heavy atom. The van der Waals surface area contributed by atoms with Crippen molar-refractivity contribution in [3.05, 3.63) is 64.9 Å². The van der Waals surface area contributed by atoms with E-state index in [0.29, 0.717) is 6.54 Å². The van der Waals surface area contributed by atoms with E-state index >= 15 is 0 Å². The zero-order valence-corrected chi connectivity index (χ0v) is 15.5. The normalized spacial score (nSPS) is 11.8. The standard InChI is InChI=1S/C19H22ClN5/c1-21-19(24(2)13-14-7-6-8-15(20)11-14)22-12-18-23-16-9-4-5-10-17(16)25(18)3/h4-11H,12-13H2,1-3H3,(H,21,22). The maximum atomic E-state index is 6.06. The molecule has 3 rings (SSSR count). The van der Waals surface area contributed by atoms with Crippen LogP contribution in [0, 0.1) is 0 Å². The minimum atomic E-state index is 0.609. The zero-order chi connectivity index (χ0) is 17.8. The number of aliphatic imine (C=N–C) groups is 1. The maximum Gasteiger partial charge on any atom is 0.194 e. The Morgan fingerprint density at radius 3 is 2.76 bits per heavy atom. The number of fused-ring (bicyclic) bond motifs is 1. The highest BCUT2D eigenvalue weighted by Crippen LogP contribution is 2.14. The van der Waals surface area contributed by atoms with Gasteiger partial charge in [0.05, 0.1) is 17.6 Å². The number of para-hydroxylation sites is 2. The number of aryl methyl sites for hydroxylation is 1. The van der Waals surface area contributed by atoms with Crippen molar-refractivity contribution < 1.29 is 0 Å². The highest BCUT2D eigenvalue weighted by atomic mass is 35.5. The number of imidazole rings is 1. The van der Waals surface area contributed by atoms with Gasteiger partial charge in [-0.3, -0.25) is 4.99 Å². The van der Waals surface area contributed by atoms with Crippen LogP contribution in [0.5, 0.6) is 0 Å². The van der Waals surface area contributed by atoms with Gasteiger partial charge in [0.25, 0.3) is 0 Å². The van der Waals surface area contributed by atoms with Gasteiger partial charge < -0.3 is 14.8 Å². The molecule has 25 heavy (non-hydrogen) atoms. The van der Waals surface area contributed by atoms with Crippen molar-refractivity contribution in [2.75, 3.05) is 14.1 Å². The molecule has 5 nitrogen and oxygen atoms in total. The van der Waals surface area contributed by atoms with E-state index in [-0.39, 0.29) is 0 Å². The Labute approximate surface area is 153 Å². The van der Waals surface area contributed by atoms with Gasteiger partial charge in [-0.1, -0.05) is 35.9 Å². The van der Waals surface area contributed by atoms with Crippen molar-refractivity contribution in [2.24, 2.45) is 12.0 Å². The molecular formula is C19H22ClN5. The smallest absolute Gasteiger partial charge is 0.194 e. The SMILES string of the molecule is CN=C(NCc1nc2ccccc2n1C)N(C)Cc1cccc(Cl)c1. The van der Waals surface area contributed by atoms with Crippen molar-refractivity contribution in [1.82, 2.24) is 19.8 Å². The Bertz CT molecular complexity index is 900. The van der Waals surface area contributed by atoms with Crippen LogP contribution in [0.1, 0.15) is 11.4 Å². The lowest BCUT2D eigenvalue weighted by Gasteiger charge is -2.22. The Kier molecular flexibility index (Phi) is 5.24. The second-order valence-corrected chi connectivity index (χ2v) is 6.40. The molecule has 130 valence electrons. The van der Waals surface area contributed by atoms with Crippen LogP contribution in [-0.2, 0) is 20.1 Å². The van der Waals surface area contributed by atoms with Crippen LogP contribution in [-0.4, -0.2) is 34.5 Å². The van der Waals surface area contributed by atoms with Crippen molar-refractivity contribution in [2.45, 2.75) is 13.1 Å². The molecule has 1 heterocycles. The molecule has 0 saturated carbocycles. The summed E-state index contributed by atoms with van der Waals surface area (Å²) >= 11 is 6.06. The molecule has 0 saturated heterocycles. The second-order valence-electron chi connectivity index (χ2n) is 5.96. The molecule has 6 heteroatoms. The van der Waals surface area contributed by atoms with Gasteiger partial charge >= 0.3 is 0 Å². The minimum absolute atomic E-state index is 0.609. The predicted molar refractivity (Wildman–Crippen MR) is 104 cm³/mol. The molecule has 0 fully saturated rings. The molecule has 0 radical (unpaired) electrons. The molecule has 0 aliphatic rings. The Balaban J connectivity index is 1.68. The van der Waals surface area contributed by atoms with Gasteiger partial charge in [0.2, 0.25) is 0 Å². The van der Waals surface area contributed by atoms with E-state index in [1.165, 1.54) is 0 Å². The average molecular weight is 356 g/mol. The molecule has 0 amide bonds. The van der Waals surface area contributed by atoms with Crippen LogP contribution < -0.4 is 5.32 Å². The Morgan fingerprint density at radius 1 is 1.24 bits per heavy atom. The summed E-state index contributed by atoms with van der Waals surface area (Å²) in [4.78, 5) is 11.1. The third-order valence-electron chi connectivity index (χ3n) is 4.17. The van der Waals surface area contributed by atoms with Crippen LogP contribution in [0.2, 0.25) is 5.02 Å². The monoisotopic (exact) mass is 355 g/mol. The van der Waals surface area contributed by atoms with E-state index in [1.54, 1.807) is 7.05 Å². The number of hydrogen-bond donors (Lipinski definition) is 1. The molecule has 0 aliphatic carbocycles. The van der Waals surface area contributed by atoms with Gasteiger partial charge in [-0.15, -0.1) is 0 Å². The average Bonchev–Trinajstić information content (AvgIpc) is 2.92. The van der Waals surface area contributed by atoms with E-state index in [2.05, 4.69) is 36.9 Å². The van der Waals surface area contributed by atoms with Gasteiger partial charge in [0.1, 0.15) is 5.82 Å². The molecule has 0 unspecified atom stereocenters. The summed E-state index contributed by atoms with van der Waals surface area (Å²) in [5.41, 5.74) is 3.27. The van der Waals surface area contributed by atoms with Gasteiger partial charge in [0.15, 0.2) is 5.96 Å². The second kappa shape index (κ2) is 7.57. The van der Waals surface area contributed by atoms with Crippen molar-refractivity contribution in [3.63, 3.8) is 0 Å². The van der Waals surface area contributed by atoms with Crippen LogP contribution in [0.15, 0.2) is 53.5 Å². The Hall–Kier alpha value is -2.53. The topological polar surface area (TPSA) is 45.5 Å². The van der Waals surface area contributed by atoms with Gasteiger partial charge in [-0.25, -0.2) is 4.98 Å². The van der Waals surface area contributed by atoms with E-state index in [0.717, 1.165) is 39.9 Å². The number of benzene rings is 2. The van der Waals surface area contributed by atoms with Gasteiger partial charge in [-0.05, 0) is 29.8 Å². The number of halogens is 1. The van der Waals surface area contributed by atoms with E-state index in [9.17, 15) is 0 Å². The summed E-state index contributed by atoms with van der Waals surface area (Å²) in [6.07, 6.45) is 0. The summed E-state index contributed by atoms with van der Waals surface area (Å²) < 4.78 is 2.10. The number of hydrogen-bond acceptors (Lipinski definition) is 2. The van der Waals surface area contributed by atoms with Crippen LogP contribution >= 0.6 is 11.6 Å². The number of nitrogens with zero attached hydrogens (tertiary/aromatic N) is 4. The lowest BCUT2D eigenvalue weighted by molar-refractivity contribution is 0.474. The van der Waals surface area contributed by atoms with Crippen LogP contribution in [0.3, 0.4) is 0 Å². The first-order valence-electron chi connectivity index (χ1n) is 8.15. The van der Waals surface area contributed by atoms with Crippen LogP contribution in [0.4, 0.5) is 0 Å². The fourth-order valence-corrected chi connectivity index (χ4v) is 3.09. The first-order valence-corrected chi connectivity index (χ1v) is 8.53. The lowest BCUT2D eigenvalue weighted by atomic mass is 10.2. The van der Waals surface area contributed by atoms with Gasteiger partial charge in [0, 0.05) is 32.7 Å². The van der Waals surface area contributed by atoms with Gasteiger partial charge in [-0.2, -0.15) is 0 Å². The molecule has 1 aromatic heterocycles. The number of rotatable bonds is 4. The first kappa shape index (κ1) is 17.3. The summed E-state index contributed by atoms with van der Waals surface area (Å²) in [5.74, 6) is 1.78. The zero-order valence-electron chi connectivity index (χ0n) is 14.7. The molecule has 0 aliphatic heterocycles. The van der Waals surface area contributed by atoms with E-state index in [1.807, 2.05) is 50.5 Å². The summed E-state index contributed by atoms with van der Waals surface area (Å²) in [5, 5.41) is 4.13. The predicted octanol–water partition coefficient (Wildman–Crippen LogP) is 3.43. The molecule has 1 N–H and O–H groups in total. The highest BCUT2D eigenvalue weighted by molar-refractivity contribution is 6.30. The van der Waals surface area contributed by atoms with Crippen molar-refractivity contribution in [1.29, 1.82) is 0 Å². The molecule has 3 aromatic rings. The summed E-state index contributed by atoms with van der Waals surface area (Å²) in [6, 6.07) is 16.0. The fraction of sp³-hybridized carbons (Fsp3) is 0.263. The first-order chi connectivity index (χ1) is 12.1. The summed E-state index contributed by atoms with van der Waals surface area (Å²) in [6.45, 7) is 1.33. The number of nitrogens with one attached hydrogen (secondary N) is 1. The fourth-order valence-electron chi connectivity index (χ4n) is 2.88. The van der Waals surface area contributed by atoms with Crippen LogP contribution in [0.25, 0.3) is 11.0 Å². The summed E-state index contributed by atoms with van der Waals surface area (Å²) in [7, 11) is 5.82. The maximum absolute atomic E-state index is 6.06. The highest BCUT2D eigenvalue weighted by Gasteiger charge is 2.10. The molecule has 0 atom stereocenters. The van der Waals surface area contributed by atoms with Crippen molar-refractivity contribution in [3.8, 4) is 0 Å². The van der Waals surface area contributed by atoms with Crippen molar-refractivity contribution >= 4 is 28.6 Å². The lowest BCUT2D eigenvalue weighted by Crippen LogP contribution is -2.38. The molecule has 2 aromatic carbocycles. The van der Waals surface area contributed by atoms with E-state index in [4.69, 9.17) is 11.6 Å². The molecule has 0 spiro atoms. The molecule has 0 bridgehead atoms. The minimum Gasteiger partial charge on any atom is -0.349 e. The number of aromatic nitrogens is 2. The number of guanidine groups is 1. The quantitative estimate of drug-likeness (QED) is 0.576. The third-order valence-corrected chi connectivity index (χ3v) is 4.40. The molecular weight excluding hydrogens is 334 g/mol.